The molecule has 0 bridgehead atoms. The monoisotopic (exact) mass is 199 g/mol. The smallest absolute Gasteiger partial charge is 0.0364 e. The van der Waals surface area contributed by atoms with Crippen LogP contribution in [0.15, 0.2) is 21.8 Å². The Morgan fingerprint density at radius 3 is 3.10 bits per heavy atom. The van der Waals surface area contributed by atoms with Crippen LogP contribution in [0.4, 0.5) is 0 Å². The van der Waals surface area contributed by atoms with Crippen molar-refractivity contribution in [1.29, 1.82) is 0 Å². The first-order chi connectivity index (χ1) is 4.88. The van der Waals surface area contributed by atoms with Gasteiger partial charge in [-0.3, -0.25) is 0 Å². The largest absolute Gasteiger partial charge is 0.386 e. The molecule has 10 heavy (non-hydrogen) atoms. The van der Waals surface area contributed by atoms with Crippen LogP contribution in [0, 0.1) is 0 Å². The Morgan fingerprint density at radius 2 is 2.30 bits per heavy atom. The van der Waals surface area contributed by atoms with Gasteiger partial charge in [0.1, 0.15) is 0 Å². The van der Waals surface area contributed by atoms with Crippen LogP contribution >= 0.6 is 15.9 Å². The molecule has 0 radical (unpaired) electrons. The minimum atomic E-state index is 1.07. The van der Waals surface area contributed by atoms with Crippen molar-refractivity contribution in [3.63, 3.8) is 0 Å². The molecule has 0 fully saturated rings. The number of nitrogens with one attached hydrogen (secondary N) is 1. The maximum Gasteiger partial charge on any atom is 0.0364 e. The number of hydrogen-bond acceptors (Lipinski definition) is 1. The molecule has 0 amide bonds. The number of halogens is 1. The van der Waals surface area contributed by atoms with E-state index in [9.17, 15) is 0 Å². The van der Waals surface area contributed by atoms with Gasteiger partial charge in [-0.05, 0) is 46.3 Å². The Labute approximate surface area is 69.3 Å². The molecule has 0 unspecified atom stereocenters. The molecule has 2 aliphatic rings. The van der Waals surface area contributed by atoms with Gasteiger partial charge in [-0.1, -0.05) is 0 Å². The van der Waals surface area contributed by atoms with E-state index in [1.807, 2.05) is 0 Å². The number of rotatable bonds is 0. The normalized spacial score (nSPS) is 23.9. The lowest BCUT2D eigenvalue weighted by Crippen LogP contribution is -2.14. The van der Waals surface area contributed by atoms with Gasteiger partial charge in [-0.15, -0.1) is 0 Å². The molecule has 1 nitrogen and oxygen atoms in total. The molecule has 54 valence electrons. The minimum Gasteiger partial charge on any atom is -0.386 e. The second kappa shape index (κ2) is 2.42. The van der Waals surface area contributed by atoms with Gasteiger partial charge in [-0.25, -0.2) is 0 Å². The average molecular weight is 200 g/mol. The summed E-state index contributed by atoms with van der Waals surface area (Å²) in [6.07, 6.45) is 5.97. The average Bonchev–Trinajstić information content (AvgIpc) is 2.36. The molecule has 0 atom stereocenters. The molecular weight excluding hydrogens is 190 g/mol. The summed E-state index contributed by atoms with van der Waals surface area (Å²) in [5.74, 6) is 0. The van der Waals surface area contributed by atoms with E-state index in [0.29, 0.717) is 0 Å². The zero-order chi connectivity index (χ0) is 6.97. The van der Waals surface area contributed by atoms with E-state index in [1.165, 1.54) is 23.7 Å². The molecule has 2 heteroatoms. The maximum atomic E-state index is 3.54. The van der Waals surface area contributed by atoms with Crippen molar-refractivity contribution in [2.45, 2.75) is 19.3 Å². The van der Waals surface area contributed by atoms with Gasteiger partial charge in [0.15, 0.2) is 0 Å². The summed E-state index contributed by atoms with van der Waals surface area (Å²) in [7, 11) is 0. The molecular formula is C8H10BrN. The van der Waals surface area contributed by atoms with Crippen LogP contribution in [-0.4, -0.2) is 6.54 Å². The third-order valence-electron chi connectivity index (χ3n) is 2.16. The lowest BCUT2D eigenvalue weighted by atomic mass is 10.1. The summed E-state index contributed by atoms with van der Waals surface area (Å²) in [5, 5.41) is 3.24. The minimum absolute atomic E-state index is 1.07. The first-order valence-electron chi connectivity index (χ1n) is 3.68. The van der Waals surface area contributed by atoms with E-state index in [0.717, 1.165) is 6.54 Å². The predicted octanol–water partition coefficient (Wildman–Crippen LogP) is 2.31. The van der Waals surface area contributed by atoms with Crippen molar-refractivity contribution in [2.24, 2.45) is 0 Å². The molecule has 0 spiro atoms. The van der Waals surface area contributed by atoms with Gasteiger partial charge in [0.05, 0.1) is 0 Å². The first-order valence-corrected chi connectivity index (χ1v) is 4.47. The van der Waals surface area contributed by atoms with Crippen LogP contribution in [0.3, 0.4) is 0 Å². The fourth-order valence-corrected chi connectivity index (χ4v) is 2.28. The van der Waals surface area contributed by atoms with Crippen LogP contribution in [0.25, 0.3) is 0 Å². The summed E-state index contributed by atoms with van der Waals surface area (Å²) in [6, 6.07) is 0. The summed E-state index contributed by atoms with van der Waals surface area (Å²) < 4.78 is 1.27. The maximum absolute atomic E-state index is 3.54. The van der Waals surface area contributed by atoms with Crippen molar-refractivity contribution in [1.82, 2.24) is 5.32 Å². The highest BCUT2D eigenvalue weighted by molar-refractivity contribution is 9.12. The van der Waals surface area contributed by atoms with E-state index in [2.05, 4.69) is 27.4 Å². The second-order valence-corrected chi connectivity index (χ2v) is 3.66. The Balaban J connectivity index is 2.33. The highest BCUT2D eigenvalue weighted by atomic mass is 79.9. The Hall–Kier alpha value is -0.240. The SMILES string of the molecule is BrC1=CNCC2=C1CCC2. The number of hydrogen-bond donors (Lipinski definition) is 1. The molecule has 1 N–H and O–H groups in total. The van der Waals surface area contributed by atoms with Gasteiger partial charge in [0, 0.05) is 17.2 Å². The fraction of sp³-hybridized carbons (Fsp3) is 0.500. The van der Waals surface area contributed by atoms with E-state index >= 15 is 0 Å². The van der Waals surface area contributed by atoms with Crippen LogP contribution in [0.5, 0.6) is 0 Å². The summed E-state index contributed by atoms with van der Waals surface area (Å²) in [6.45, 7) is 1.07. The molecule has 0 aromatic carbocycles. The molecule has 0 saturated carbocycles. The van der Waals surface area contributed by atoms with E-state index in [-0.39, 0.29) is 0 Å². The quantitative estimate of drug-likeness (QED) is 0.632. The Bertz CT molecular complexity index is 215. The molecule has 2 rings (SSSR count). The zero-order valence-corrected chi connectivity index (χ0v) is 7.37. The number of dihydropyridines is 1. The van der Waals surface area contributed by atoms with Crippen LogP contribution in [-0.2, 0) is 0 Å². The molecule has 0 saturated heterocycles. The molecule has 1 heterocycles. The summed E-state index contributed by atoms with van der Waals surface area (Å²) in [4.78, 5) is 0. The molecule has 0 aromatic heterocycles. The topological polar surface area (TPSA) is 12.0 Å². The van der Waals surface area contributed by atoms with Gasteiger partial charge < -0.3 is 5.32 Å². The van der Waals surface area contributed by atoms with Crippen molar-refractivity contribution in [2.75, 3.05) is 6.54 Å². The zero-order valence-electron chi connectivity index (χ0n) is 5.78. The van der Waals surface area contributed by atoms with Crippen LogP contribution in [0.2, 0.25) is 0 Å². The standard InChI is InChI=1S/C8H10BrN/c9-8-5-10-4-6-2-1-3-7(6)8/h5,10H,1-4H2. The van der Waals surface area contributed by atoms with Crippen molar-refractivity contribution in [3.8, 4) is 0 Å². The van der Waals surface area contributed by atoms with Crippen molar-refractivity contribution >= 4 is 15.9 Å². The first kappa shape index (κ1) is 6.47. The third-order valence-corrected chi connectivity index (χ3v) is 2.87. The highest BCUT2D eigenvalue weighted by Crippen LogP contribution is 2.35. The van der Waals surface area contributed by atoms with E-state index < -0.39 is 0 Å². The Morgan fingerprint density at radius 1 is 1.40 bits per heavy atom. The van der Waals surface area contributed by atoms with Crippen LogP contribution in [0.1, 0.15) is 19.3 Å². The van der Waals surface area contributed by atoms with Crippen LogP contribution < -0.4 is 5.32 Å². The van der Waals surface area contributed by atoms with Gasteiger partial charge in [0.2, 0.25) is 0 Å². The highest BCUT2D eigenvalue weighted by Gasteiger charge is 2.18. The van der Waals surface area contributed by atoms with Gasteiger partial charge in [-0.2, -0.15) is 0 Å². The van der Waals surface area contributed by atoms with E-state index in [4.69, 9.17) is 0 Å². The van der Waals surface area contributed by atoms with Crippen molar-refractivity contribution < 1.29 is 0 Å². The number of allylic oxidation sites excluding steroid dienone is 2. The Kier molecular flexibility index (Phi) is 1.57. The van der Waals surface area contributed by atoms with Gasteiger partial charge in [0.25, 0.3) is 0 Å². The fourth-order valence-electron chi connectivity index (χ4n) is 1.64. The van der Waals surface area contributed by atoms with E-state index in [1.54, 1.807) is 11.1 Å². The molecule has 1 aliphatic carbocycles. The summed E-state index contributed by atoms with van der Waals surface area (Å²) >= 11 is 3.54. The molecule has 0 aromatic rings. The molecule has 1 aliphatic heterocycles. The van der Waals surface area contributed by atoms with Gasteiger partial charge >= 0.3 is 0 Å². The third kappa shape index (κ3) is 0.908. The lowest BCUT2D eigenvalue weighted by Gasteiger charge is -2.12. The lowest BCUT2D eigenvalue weighted by molar-refractivity contribution is 0.851. The predicted molar refractivity (Wildman–Crippen MR) is 45.9 cm³/mol. The van der Waals surface area contributed by atoms with Crippen molar-refractivity contribution in [3.05, 3.63) is 21.8 Å². The summed E-state index contributed by atoms with van der Waals surface area (Å²) in [5.41, 5.74) is 3.16. The second-order valence-electron chi connectivity index (χ2n) is 2.81.